The van der Waals surface area contributed by atoms with Crippen LogP contribution >= 0.6 is 0 Å². The zero-order valence-corrected chi connectivity index (χ0v) is 7.84. The zero-order chi connectivity index (χ0) is 8.65. The lowest BCUT2D eigenvalue weighted by molar-refractivity contribution is 0.104. The maximum absolute atomic E-state index is 5.46. The first-order valence-corrected chi connectivity index (χ1v) is 4.83. The Kier molecular flexibility index (Phi) is 5.32. The van der Waals surface area contributed by atoms with Crippen molar-refractivity contribution in [3.05, 3.63) is 0 Å². The van der Waals surface area contributed by atoms with Crippen LogP contribution in [0.1, 0.15) is 19.8 Å². The molecule has 1 saturated heterocycles. The number of rotatable bonds is 6. The van der Waals surface area contributed by atoms with Gasteiger partial charge in [-0.3, -0.25) is 0 Å². The minimum Gasteiger partial charge on any atom is -0.380 e. The molecule has 0 aromatic carbocycles. The average Bonchev–Trinajstić information content (AvgIpc) is 2.57. The van der Waals surface area contributed by atoms with Crippen LogP contribution in [0.3, 0.4) is 0 Å². The lowest BCUT2D eigenvalue weighted by atomic mass is 10.2. The summed E-state index contributed by atoms with van der Waals surface area (Å²) in [5, 5.41) is 3.31. The number of nitrogens with one attached hydrogen (secondary N) is 1. The van der Waals surface area contributed by atoms with Crippen molar-refractivity contribution in [3.63, 3.8) is 0 Å². The summed E-state index contributed by atoms with van der Waals surface area (Å²) in [6.45, 7) is 6.49. The van der Waals surface area contributed by atoms with E-state index in [1.165, 1.54) is 12.8 Å². The van der Waals surface area contributed by atoms with Crippen molar-refractivity contribution in [3.8, 4) is 0 Å². The van der Waals surface area contributed by atoms with Gasteiger partial charge in [0.2, 0.25) is 0 Å². The third kappa shape index (κ3) is 4.04. The quantitative estimate of drug-likeness (QED) is 0.602. The summed E-state index contributed by atoms with van der Waals surface area (Å²) in [6.07, 6.45) is 2.88. The fourth-order valence-electron chi connectivity index (χ4n) is 1.36. The molecular formula is C9H19NO2. The van der Waals surface area contributed by atoms with Crippen molar-refractivity contribution in [2.45, 2.75) is 25.9 Å². The van der Waals surface area contributed by atoms with E-state index in [0.29, 0.717) is 6.10 Å². The highest BCUT2D eigenvalue weighted by Crippen LogP contribution is 2.10. The minimum absolute atomic E-state index is 0.451. The van der Waals surface area contributed by atoms with Crippen LogP contribution in [-0.2, 0) is 9.47 Å². The van der Waals surface area contributed by atoms with Crippen molar-refractivity contribution < 1.29 is 9.47 Å². The Bertz CT molecular complexity index is 103. The van der Waals surface area contributed by atoms with Gasteiger partial charge in [-0.15, -0.1) is 0 Å². The van der Waals surface area contributed by atoms with E-state index >= 15 is 0 Å². The third-order valence-corrected chi connectivity index (χ3v) is 2.02. The summed E-state index contributed by atoms with van der Waals surface area (Å²) in [5.41, 5.74) is 0. The van der Waals surface area contributed by atoms with Gasteiger partial charge in [0.25, 0.3) is 0 Å². The molecule has 0 unspecified atom stereocenters. The molecule has 0 bridgehead atoms. The van der Waals surface area contributed by atoms with Crippen LogP contribution < -0.4 is 5.32 Å². The fourth-order valence-corrected chi connectivity index (χ4v) is 1.36. The summed E-state index contributed by atoms with van der Waals surface area (Å²) in [6, 6.07) is 0. The van der Waals surface area contributed by atoms with Gasteiger partial charge in [0, 0.05) is 26.3 Å². The summed E-state index contributed by atoms with van der Waals surface area (Å²) in [7, 11) is 0. The van der Waals surface area contributed by atoms with Crippen molar-refractivity contribution in [2.75, 3.05) is 32.9 Å². The van der Waals surface area contributed by atoms with Crippen molar-refractivity contribution in [1.29, 1.82) is 0 Å². The first-order valence-electron chi connectivity index (χ1n) is 4.83. The van der Waals surface area contributed by atoms with Crippen molar-refractivity contribution in [2.24, 2.45) is 0 Å². The molecule has 1 atom stereocenters. The van der Waals surface area contributed by atoms with Gasteiger partial charge in [0.1, 0.15) is 0 Å². The Balaban J connectivity index is 1.81. The van der Waals surface area contributed by atoms with Gasteiger partial charge < -0.3 is 14.8 Å². The highest BCUT2D eigenvalue weighted by atomic mass is 16.5. The molecule has 0 aromatic heterocycles. The van der Waals surface area contributed by atoms with Gasteiger partial charge in [-0.05, 0) is 19.8 Å². The summed E-state index contributed by atoms with van der Waals surface area (Å²) >= 11 is 0. The number of hydrogen-bond acceptors (Lipinski definition) is 3. The lowest BCUT2D eigenvalue weighted by Gasteiger charge is -2.10. The highest BCUT2D eigenvalue weighted by molar-refractivity contribution is 4.66. The monoisotopic (exact) mass is 173 g/mol. The molecule has 3 nitrogen and oxygen atoms in total. The lowest BCUT2D eigenvalue weighted by Crippen LogP contribution is -2.29. The third-order valence-electron chi connectivity index (χ3n) is 2.02. The van der Waals surface area contributed by atoms with E-state index in [4.69, 9.17) is 9.47 Å². The average molecular weight is 173 g/mol. The smallest absolute Gasteiger partial charge is 0.0700 e. The van der Waals surface area contributed by atoms with Gasteiger partial charge in [0.15, 0.2) is 0 Å². The van der Waals surface area contributed by atoms with Crippen LogP contribution in [0.4, 0.5) is 0 Å². The van der Waals surface area contributed by atoms with Crippen LogP contribution in [0.25, 0.3) is 0 Å². The number of hydrogen-bond donors (Lipinski definition) is 1. The summed E-state index contributed by atoms with van der Waals surface area (Å²) < 4.78 is 10.7. The molecule has 12 heavy (non-hydrogen) atoms. The molecule has 1 rings (SSSR count). The molecule has 0 aliphatic carbocycles. The van der Waals surface area contributed by atoms with Gasteiger partial charge in [0.05, 0.1) is 12.7 Å². The predicted octanol–water partition coefficient (Wildman–Crippen LogP) is 0.791. The zero-order valence-electron chi connectivity index (χ0n) is 7.84. The van der Waals surface area contributed by atoms with E-state index < -0.39 is 0 Å². The Labute approximate surface area is 74.4 Å². The Hall–Kier alpha value is -0.120. The van der Waals surface area contributed by atoms with Gasteiger partial charge >= 0.3 is 0 Å². The Morgan fingerprint density at radius 2 is 2.50 bits per heavy atom. The second-order valence-electron chi connectivity index (χ2n) is 3.04. The molecule has 0 radical (unpaired) electrons. The van der Waals surface area contributed by atoms with Crippen LogP contribution in [0.5, 0.6) is 0 Å². The fraction of sp³-hybridized carbons (Fsp3) is 1.00. The van der Waals surface area contributed by atoms with Gasteiger partial charge in [-0.25, -0.2) is 0 Å². The molecule has 1 fully saturated rings. The molecule has 0 amide bonds. The normalized spacial score (nSPS) is 23.2. The van der Waals surface area contributed by atoms with Crippen LogP contribution in [0, 0.1) is 0 Å². The van der Waals surface area contributed by atoms with Crippen LogP contribution in [0.2, 0.25) is 0 Å². The van der Waals surface area contributed by atoms with E-state index in [-0.39, 0.29) is 0 Å². The van der Waals surface area contributed by atoms with Gasteiger partial charge in [-0.2, -0.15) is 0 Å². The maximum Gasteiger partial charge on any atom is 0.0700 e. The second kappa shape index (κ2) is 6.40. The molecule has 0 aromatic rings. The van der Waals surface area contributed by atoms with E-state index in [1.54, 1.807) is 0 Å². The van der Waals surface area contributed by atoms with E-state index in [9.17, 15) is 0 Å². The SMILES string of the molecule is CCOCCNC[C@@H]1CCCO1. The molecule has 0 spiro atoms. The highest BCUT2D eigenvalue weighted by Gasteiger charge is 2.13. The summed E-state index contributed by atoms with van der Waals surface area (Å²) in [5.74, 6) is 0. The molecule has 1 heterocycles. The van der Waals surface area contributed by atoms with Crippen LogP contribution in [-0.4, -0.2) is 39.0 Å². The van der Waals surface area contributed by atoms with Gasteiger partial charge in [-0.1, -0.05) is 0 Å². The topological polar surface area (TPSA) is 30.5 Å². The first kappa shape index (κ1) is 9.96. The first-order chi connectivity index (χ1) is 5.93. The summed E-state index contributed by atoms with van der Waals surface area (Å²) in [4.78, 5) is 0. The molecule has 3 heteroatoms. The standard InChI is InChI=1S/C9H19NO2/c1-2-11-7-5-10-8-9-4-3-6-12-9/h9-10H,2-8H2,1H3/t9-/m0/s1. The van der Waals surface area contributed by atoms with Crippen molar-refractivity contribution in [1.82, 2.24) is 5.32 Å². The molecule has 1 aliphatic heterocycles. The van der Waals surface area contributed by atoms with E-state index in [2.05, 4.69) is 5.32 Å². The molecule has 0 saturated carbocycles. The largest absolute Gasteiger partial charge is 0.380 e. The van der Waals surface area contributed by atoms with Crippen molar-refractivity contribution >= 4 is 0 Å². The molecule has 72 valence electrons. The molecule has 1 aliphatic rings. The Morgan fingerprint density at radius 3 is 3.17 bits per heavy atom. The second-order valence-corrected chi connectivity index (χ2v) is 3.04. The van der Waals surface area contributed by atoms with E-state index in [1.807, 2.05) is 6.92 Å². The number of ether oxygens (including phenoxy) is 2. The predicted molar refractivity (Wildman–Crippen MR) is 48.3 cm³/mol. The van der Waals surface area contributed by atoms with Crippen LogP contribution in [0.15, 0.2) is 0 Å². The molecule has 1 N–H and O–H groups in total. The molecular weight excluding hydrogens is 154 g/mol. The maximum atomic E-state index is 5.46. The minimum atomic E-state index is 0.451. The van der Waals surface area contributed by atoms with E-state index in [0.717, 1.165) is 32.9 Å². The Morgan fingerprint density at radius 1 is 1.58 bits per heavy atom.